The number of carbonyl (C=O) groups excluding carboxylic acids is 1. The SMILES string of the molecule is COc1ccc(CCC(=O)c2cccc(NS(=O)(=O)c3cccnc3)c2)cc1. The topological polar surface area (TPSA) is 85.4 Å². The molecule has 0 amide bonds. The number of methoxy groups -OCH3 is 1. The summed E-state index contributed by atoms with van der Waals surface area (Å²) in [6.45, 7) is 0. The summed E-state index contributed by atoms with van der Waals surface area (Å²) in [7, 11) is -2.15. The first-order valence-corrected chi connectivity index (χ1v) is 10.2. The number of nitrogens with one attached hydrogen (secondary N) is 1. The van der Waals surface area contributed by atoms with Crippen molar-refractivity contribution in [3.05, 3.63) is 84.2 Å². The highest BCUT2D eigenvalue weighted by atomic mass is 32.2. The maximum atomic E-state index is 12.5. The lowest BCUT2D eigenvalue weighted by molar-refractivity contribution is 0.0983. The van der Waals surface area contributed by atoms with E-state index in [0.717, 1.165) is 11.3 Å². The number of rotatable bonds is 8. The molecule has 0 fully saturated rings. The van der Waals surface area contributed by atoms with E-state index in [9.17, 15) is 13.2 Å². The van der Waals surface area contributed by atoms with Crippen LogP contribution in [-0.4, -0.2) is 26.3 Å². The van der Waals surface area contributed by atoms with E-state index in [4.69, 9.17) is 4.74 Å². The molecule has 2 aromatic carbocycles. The van der Waals surface area contributed by atoms with Gasteiger partial charge >= 0.3 is 0 Å². The van der Waals surface area contributed by atoms with Gasteiger partial charge in [0, 0.05) is 30.1 Å². The normalized spacial score (nSPS) is 11.0. The van der Waals surface area contributed by atoms with E-state index < -0.39 is 10.0 Å². The van der Waals surface area contributed by atoms with E-state index in [-0.39, 0.29) is 10.7 Å². The number of hydrogen-bond donors (Lipinski definition) is 1. The Morgan fingerprint density at radius 3 is 2.54 bits per heavy atom. The molecule has 1 heterocycles. The summed E-state index contributed by atoms with van der Waals surface area (Å²) in [5.74, 6) is 0.710. The fourth-order valence-electron chi connectivity index (χ4n) is 2.67. The molecule has 0 atom stereocenters. The largest absolute Gasteiger partial charge is 0.497 e. The van der Waals surface area contributed by atoms with Gasteiger partial charge in [-0.15, -0.1) is 0 Å². The third-order valence-corrected chi connectivity index (χ3v) is 5.55. The van der Waals surface area contributed by atoms with Crippen molar-refractivity contribution < 1.29 is 17.9 Å². The van der Waals surface area contributed by atoms with E-state index in [2.05, 4.69) is 9.71 Å². The van der Waals surface area contributed by atoms with Gasteiger partial charge in [-0.25, -0.2) is 8.42 Å². The lowest BCUT2D eigenvalue weighted by Gasteiger charge is -2.09. The van der Waals surface area contributed by atoms with Crippen molar-refractivity contribution in [2.45, 2.75) is 17.7 Å². The third-order valence-electron chi connectivity index (χ3n) is 4.18. The van der Waals surface area contributed by atoms with Crippen LogP contribution in [-0.2, 0) is 16.4 Å². The molecule has 144 valence electrons. The summed E-state index contributed by atoms with van der Waals surface area (Å²) >= 11 is 0. The van der Waals surface area contributed by atoms with Crippen molar-refractivity contribution in [1.82, 2.24) is 4.98 Å². The second kappa shape index (κ2) is 8.67. The van der Waals surface area contributed by atoms with E-state index in [1.807, 2.05) is 24.3 Å². The molecule has 3 aromatic rings. The monoisotopic (exact) mass is 396 g/mol. The number of hydrogen-bond acceptors (Lipinski definition) is 5. The van der Waals surface area contributed by atoms with Gasteiger partial charge in [0.2, 0.25) is 0 Å². The molecule has 1 aromatic heterocycles. The summed E-state index contributed by atoms with van der Waals surface area (Å²) in [6, 6.07) is 17.0. The van der Waals surface area contributed by atoms with Gasteiger partial charge in [0.25, 0.3) is 10.0 Å². The Morgan fingerprint density at radius 2 is 1.86 bits per heavy atom. The number of ether oxygens (including phenoxy) is 1. The Balaban J connectivity index is 1.67. The number of anilines is 1. The second-order valence-corrected chi connectivity index (χ2v) is 7.83. The Hall–Kier alpha value is -3.19. The van der Waals surface area contributed by atoms with Crippen LogP contribution in [0.15, 0.2) is 78.0 Å². The van der Waals surface area contributed by atoms with Crippen LogP contribution in [0.4, 0.5) is 5.69 Å². The first kappa shape index (κ1) is 19.6. The standard InChI is InChI=1S/C21H20N2O4S/c1-27-19-10-7-16(8-11-19)9-12-21(24)17-4-2-5-18(14-17)23-28(25,26)20-6-3-13-22-15-20/h2-8,10-11,13-15,23H,9,12H2,1H3. The highest BCUT2D eigenvalue weighted by Gasteiger charge is 2.15. The van der Waals surface area contributed by atoms with Crippen LogP contribution >= 0.6 is 0 Å². The minimum atomic E-state index is -3.75. The van der Waals surface area contributed by atoms with Crippen LogP contribution in [0.25, 0.3) is 0 Å². The van der Waals surface area contributed by atoms with Crippen LogP contribution in [0.2, 0.25) is 0 Å². The van der Waals surface area contributed by atoms with Crippen molar-refractivity contribution in [1.29, 1.82) is 0 Å². The molecule has 0 saturated heterocycles. The van der Waals surface area contributed by atoms with Crippen molar-refractivity contribution >= 4 is 21.5 Å². The molecular formula is C21H20N2O4S. The van der Waals surface area contributed by atoms with Gasteiger partial charge in [0.05, 0.1) is 7.11 Å². The highest BCUT2D eigenvalue weighted by Crippen LogP contribution is 2.19. The molecule has 0 aliphatic heterocycles. The average molecular weight is 396 g/mol. The van der Waals surface area contributed by atoms with E-state index in [1.165, 1.54) is 18.5 Å². The predicted molar refractivity (Wildman–Crippen MR) is 107 cm³/mol. The molecule has 0 spiro atoms. The molecular weight excluding hydrogens is 376 g/mol. The van der Waals surface area contributed by atoms with Crippen molar-refractivity contribution in [2.24, 2.45) is 0 Å². The number of ketones is 1. The fourth-order valence-corrected chi connectivity index (χ4v) is 3.68. The van der Waals surface area contributed by atoms with E-state index in [1.54, 1.807) is 37.4 Å². The third kappa shape index (κ3) is 4.95. The van der Waals surface area contributed by atoms with E-state index in [0.29, 0.717) is 24.1 Å². The van der Waals surface area contributed by atoms with Crippen molar-refractivity contribution in [2.75, 3.05) is 11.8 Å². The lowest BCUT2D eigenvalue weighted by atomic mass is 10.0. The minimum Gasteiger partial charge on any atom is -0.497 e. The molecule has 1 N–H and O–H groups in total. The molecule has 0 unspecified atom stereocenters. The molecule has 0 radical (unpaired) electrons. The van der Waals surface area contributed by atoms with Crippen molar-refractivity contribution in [3.63, 3.8) is 0 Å². The first-order chi connectivity index (χ1) is 13.5. The maximum Gasteiger partial charge on any atom is 0.263 e. The number of benzene rings is 2. The van der Waals surface area contributed by atoms with Crippen molar-refractivity contribution in [3.8, 4) is 5.75 Å². The zero-order valence-electron chi connectivity index (χ0n) is 15.3. The fraction of sp³-hybridized carbons (Fsp3) is 0.143. The summed E-state index contributed by atoms with van der Waals surface area (Å²) in [5, 5.41) is 0. The minimum absolute atomic E-state index is 0.0572. The number of carbonyl (C=O) groups is 1. The molecule has 3 rings (SSSR count). The van der Waals surface area contributed by atoms with Crippen LogP contribution < -0.4 is 9.46 Å². The van der Waals surface area contributed by atoms with Gasteiger partial charge in [-0.2, -0.15) is 0 Å². The van der Waals surface area contributed by atoms with Gasteiger partial charge in [0.15, 0.2) is 5.78 Å². The highest BCUT2D eigenvalue weighted by molar-refractivity contribution is 7.92. The molecule has 0 aliphatic carbocycles. The summed E-state index contributed by atoms with van der Waals surface area (Å²) < 4.78 is 32.4. The van der Waals surface area contributed by atoms with Gasteiger partial charge < -0.3 is 4.74 Å². The molecule has 0 saturated carbocycles. The summed E-state index contributed by atoms with van der Waals surface area (Å²) in [5.41, 5.74) is 1.82. The van der Waals surface area contributed by atoms with Gasteiger partial charge in [-0.1, -0.05) is 24.3 Å². The Labute approximate surface area is 164 Å². The zero-order chi connectivity index (χ0) is 20.0. The number of nitrogens with zero attached hydrogens (tertiary/aromatic N) is 1. The Bertz CT molecular complexity index is 1050. The van der Waals surface area contributed by atoms with Gasteiger partial charge in [0.1, 0.15) is 10.6 Å². The predicted octanol–water partition coefficient (Wildman–Crippen LogP) is 3.71. The number of sulfonamides is 1. The first-order valence-electron chi connectivity index (χ1n) is 8.67. The number of pyridine rings is 1. The lowest BCUT2D eigenvalue weighted by Crippen LogP contribution is -2.13. The molecule has 6 nitrogen and oxygen atoms in total. The smallest absolute Gasteiger partial charge is 0.263 e. The second-order valence-electron chi connectivity index (χ2n) is 6.15. The zero-order valence-corrected chi connectivity index (χ0v) is 16.1. The quantitative estimate of drug-likeness (QED) is 0.587. The summed E-state index contributed by atoms with van der Waals surface area (Å²) in [6.07, 6.45) is 3.69. The number of aromatic nitrogens is 1. The molecule has 0 aliphatic rings. The maximum absolute atomic E-state index is 12.5. The molecule has 7 heteroatoms. The van der Waals surface area contributed by atoms with Gasteiger partial charge in [-0.3, -0.25) is 14.5 Å². The van der Waals surface area contributed by atoms with Crippen LogP contribution in [0.1, 0.15) is 22.3 Å². The van der Waals surface area contributed by atoms with E-state index >= 15 is 0 Å². The van der Waals surface area contributed by atoms with Crippen LogP contribution in [0.3, 0.4) is 0 Å². The van der Waals surface area contributed by atoms with Crippen LogP contribution in [0.5, 0.6) is 5.75 Å². The average Bonchev–Trinajstić information content (AvgIpc) is 2.73. The number of Topliss-reactive ketones (excluding diaryl/α,β-unsaturated/α-hetero) is 1. The Morgan fingerprint density at radius 1 is 1.07 bits per heavy atom. The molecule has 28 heavy (non-hydrogen) atoms. The summed E-state index contributed by atoms with van der Waals surface area (Å²) in [4.78, 5) is 16.4. The van der Waals surface area contributed by atoms with Gasteiger partial charge in [-0.05, 0) is 48.4 Å². The Kier molecular flexibility index (Phi) is 6.06. The molecule has 0 bridgehead atoms. The van der Waals surface area contributed by atoms with Crippen LogP contribution in [0, 0.1) is 0 Å². The number of aryl methyl sites for hydroxylation is 1.